The lowest BCUT2D eigenvalue weighted by atomic mass is 9.64. The number of H-pyrrole nitrogens is 1. The number of methoxy groups -OCH3 is 2. The lowest BCUT2D eigenvalue weighted by molar-refractivity contribution is 0.135. The number of ether oxygens (including phenoxy) is 2. The number of carbonyl (C=O) groups is 1. The molecule has 0 spiro atoms. The Hall–Kier alpha value is -3.66. The molecule has 2 amide bonds. The molecule has 1 aromatic heterocycles. The van der Waals surface area contributed by atoms with Crippen molar-refractivity contribution in [3.8, 4) is 11.5 Å². The van der Waals surface area contributed by atoms with Gasteiger partial charge in [-0.05, 0) is 62.1 Å². The van der Waals surface area contributed by atoms with Crippen molar-refractivity contribution < 1.29 is 23.0 Å². The van der Waals surface area contributed by atoms with Gasteiger partial charge in [-0.25, -0.2) is 18.6 Å². The number of fused-ring (bicyclic) bond motifs is 1. The Morgan fingerprint density at radius 1 is 1.16 bits per heavy atom. The minimum absolute atomic E-state index is 0.0431. The number of nitrogens with zero attached hydrogens (tertiary/aromatic N) is 3. The molecule has 3 N–H and O–H groups in total. The van der Waals surface area contributed by atoms with Gasteiger partial charge in [0, 0.05) is 41.6 Å². The van der Waals surface area contributed by atoms with Gasteiger partial charge < -0.3 is 20.2 Å². The molecular weight excluding hydrogens is 480 g/mol. The summed E-state index contributed by atoms with van der Waals surface area (Å²) in [5.74, 6) is 0.207. The predicted molar refractivity (Wildman–Crippen MR) is 135 cm³/mol. The zero-order valence-electron chi connectivity index (χ0n) is 20.9. The summed E-state index contributed by atoms with van der Waals surface area (Å²) in [6.07, 6.45) is 6.49. The van der Waals surface area contributed by atoms with Crippen LogP contribution in [-0.2, 0) is 12.0 Å². The lowest BCUT2D eigenvalue weighted by Gasteiger charge is -2.47. The Bertz CT molecular complexity index is 1270. The van der Waals surface area contributed by atoms with E-state index in [9.17, 15) is 13.6 Å². The Morgan fingerprint density at radius 3 is 2.65 bits per heavy atom. The maximum atomic E-state index is 14.1. The summed E-state index contributed by atoms with van der Waals surface area (Å²) >= 11 is 0. The molecule has 5 rings (SSSR count). The molecule has 1 saturated carbocycles. The number of rotatable bonds is 7. The van der Waals surface area contributed by atoms with Crippen LogP contribution in [0.4, 0.5) is 19.3 Å². The van der Waals surface area contributed by atoms with Crippen molar-refractivity contribution in [2.75, 3.05) is 25.7 Å². The van der Waals surface area contributed by atoms with E-state index in [0.717, 1.165) is 42.9 Å². The molecule has 2 aromatic carbocycles. The lowest BCUT2D eigenvalue weighted by Crippen LogP contribution is -2.54. The van der Waals surface area contributed by atoms with E-state index in [-0.39, 0.29) is 23.2 Å². The summed E-state index contributed by atoms with van der Waals surface area (Å²) in [4.78, 5) is 24.0. The number of urea groups is 1. The van der Waals surface area contributed by atoms with E-state index in [2.05, 4.69) is 20.9 Å². The summed E-state index contributed by atoms with van der Waals surface area (Å²) in [5, 5.41) is 0. The van der Waals surface area contributed by atoms with E-state index in [1.54, 1.807) is 26.6 Å². The first kappa shape index (κ1) is 25.0. The SMILES string of the molecule is COc1ccc([C@@]23CC[C@@H](N(C(N)=O)c4ccc(F)c(F)c4)C[C@@H]2N(Cc2ncc[nH]2)CC3)cc1OC. The quantitative estimate of drug-likeness (QED) is 0.492. The van der Waals surface area contributed by atoms with Gasteiger partial charge >= 0.3 is 6.03 Å². The topological polar surface area (TPSA) is 96.7 Å². The number of anilines is 1. The van der Waals surface area contributed by atoms with Crippen LogP contribution >= 0.6 is 0 Å². The third kappa shape index (κ3) is 4.50. The molecule has 1 aliphatic carbocycles. The van der Waals surface area contributed by atoms with Gasteiger partial charge in [-0.15, -0.1) is 0 Å². The number of amides is 2. The van der Waals surface area contributed by atoms with Crippen molar-refractivity contribution in [2.24, 2.45) is 5.73 Å². The number of carbonyl (C=O) groups excluding carboxylic acids is 1. The number of aromatic amines is 1. The second kappa shape index (κ2) is 10.0. The van der Waals surface area contributed by atoms with Crippen molar-refractivity contribution in [1.82, 2.24) is 14.9 Å². The number of nitrogens with one attached hydrogen (secondary N) is 1. The number of imidazole rings is 1. The second-order valence-corrected chi connectivity index (χ2v) is 9.73. The number of primary amides is 1. The summed E-state index contributed by atoms with van der Waals surface area (Å²) < 4.78 is 38.8. The predicted octanol–water partition coefficient (Wildman–Crippen LogP) is 4.36. The van der Waals surface area contributed by atoms with Crippen LogP contribution in [0.3, 0.4) is 0 Å². The molecule has 37 heavy (non-hydrogen) atoms. The van der Waals surface area contributed by atoms with Crippen molar-refractivity contribution in [2.45, 2.75) is 49.7 Å². The Kier molecular flexibility index (Phi) is 6.76. The molecule has 3 atom stereocenters. The van der Waals surface area contributed by atoms with Crippen molar-refractivity contribution >= 4 is 11.7 Å². The Morgan fingerprint density at radius 2 is 1.97 bits per heavy atom. The van der Waals surface area contributed by atoms with Crippen LogP contribution in [0.25, 0.3) is 0 Å². The molecule has 0 radical (unpaired) electrons. The van der Waals surface area contributed by atoms with Gasteiger partial charge in [0.05, 0.1) is 20.8 Å². The highest BCUT2D eigenvalue weighted by Crippen LogP contribution is 2.51. The molecule has 0 unspecified atom stereocenters. The average molecular weight is 512 g/mol. The summed E-state index contributed by atoms with van der Waals surface area (Å²) in [7, 11) is 3.24. The van der Waals surface area contributed by atoms with Crippen LogP contribution in [0.15, 0.2) is 48.8 Å². The molecule has 2 fully saturated rings. The molecule has 3 aromatic rings. The normalized spacial score (nSPS) is 23.5. The second-order valence-electron chi connectivity index (χ2n) is 9.73. The summed E-state index contributed by atoms with van der Waals surface area (Å²) in [6, 6.07) is 8.59. The first-order valence-corrected chi connectivity index (χ1v) is 12.3. The van der Waals surface area contributed by atoms with Crippen LogP contribution in [0.2, 0.25) is 0 Å². The largest absolute Gasteiger partial charge is 0.493 e. The van der Waals surface area contributed by atoms with E-state index in [0.29, 0.717) is 30.9 Å². The van der Waals surface area contributed by atoms with Crippen LogP contribution in [0.5, 0.6) is 11.5 Å². The van der Waals surface area contributed by atoms with Crippen molar-refractivity contribution in [1.29, 1.82) is 0 Å². The fourth-order valence-corrected chi connectivity index (χ4v) is 6.26. The number of benzene rings is 2. The Balaban J connectivity index is 1.52. The van der Waals surface area contributed by atoms with Gasteiger partial charge in [0.25, 0.3) is 0 Å². The van der Waals surface area contributed by atoms with Gasteiger partial charge in [0.1, 0.15) is 5.82 Å². The van der Waals surface area contributed by atoms with Crippen LogP contribution < -0.4 is 20.1 Å². The number of hydrogen-bond donors (Lipinski definition) is 2. The highest BCUT2D eigenvalue weighted by molar-refractivity contribution is 5.91. The highest BCUT2D eigenvalue weighted by atomic mass is 19.2. The van der Waals surface area contributed by atoms with Crippen molar-refractivity contribution in [3.05, 3.63) is 71.8 Å². The minimum Gasteiger partial charge on any atom is -0.493 e. The van der Waals surface area contributed by atoms with E-state index in [1.165, 1.54) is 11.0 Å². The molecule has 10 heteroatoms. The van der Waals surface area contributed by atoms with E-state index in [1.807, 2.05) is 12.1 Å². The number of aromatic nitrogens is 2. The molecule has 0 bridgehead atoms. The van der Waals surface area contributed by atoms with Crippen LogP contribution in [-0.4, -0.2) is 53.7 Å². The number of nitrogens with two attached hydrogens (primary N) is 1. The van der Waals surface area contributed by atoms with E-state index >= 15 is 0 Å². The third-order valence-electron chi connectivity index (χ3n) is 7.99. The minimum atomic E-state index is -1.01. The maximum absolute atomic E-state index is 14.1. The zero-order chi connectivity index (χ0) is 26.2. The zero-order valence-corrected chi connectivity index (χ0v) is 20.9. The van der Waals surface area contributed by atoms with Gasteiger partial charge in [-0.1, -0.05) is 6.07 Å². The van der Waals surface area contributed by atoms with Crippen LogP contribution in [0, 0.1) is 11.6 Å². The first-order chi connectivity index (χ1) is 17.9. The van der Waals surface area contributed by atoms with E-state index in [4.69, 9.17) is 15.2 Å². The fraction of sp³-hybridized carbons (Fsp3) is 0.407. The first-order valence-electron chi connectivity index (χ1n) is 12.3. The van der Waals surface area contributed by atoms with Crippen LogP contribution in [0.1, 0.15) is 37.1 Å². The molecule has 1 aliphatic heterocycles. The number of halogens is 2. The molecule has 1 saturated heterocycles. The van der Waals surface area contributed by atoms with Gasteiger partial charge in [0.2, 0.25) is 0 Å². The molecule has 2 heterocycles. The summed E-state index contributed by atoms with van der Waals surface area (Å²) in [5.41, 5.74) is 7.00. The molecule has 196 valence electrons. The molecule has 8 nitrogen and oxygen atoms in total. The van der Waals surface area contributed by atoms with Gasteiger partial charge in [-0.2, -0.15) is 0 Å². The summed E-state index contributed by atoms with van der Waals surface area (Å²) in [6.45, 7) is 1.47. The third-order valence-corrected chi connectivity index (χ3v) is 7.99. The number of likely N-dealkylation sites (tertiary alicyclic amines) is 1. The monoisotopic (exact) mass is 511 g/mol. The fourth-order valence-electron chi connectivity index (χ4n) is 6.26. The number of hydrogen-bond acceptors (Lipinski definition) is 5. The average Bonchev–Trinajstić information content (AvgIpc) is 3.54. The van der Waals surface area contributed by atoms with E-state index < -0.39 is 17.7 Å². The molecular formula is C27H31F2N5O3. The maximum Gasteiger partial charge on any atom is 0.319 e. The molecule has 2 aliphatic rings. The van der Waals surface area contributed by atoms with Gasteiger partial charge in [0.15, 0.2) is 23.1 Å². The van der Waals surface area contributed by atoms with Crippen molar-refractivity contribution in [3.63, 3.8) is 0 Å². The standard InChI is InChI=1S/C27H31F2N5O3/c1-36-22-6-3-17(13-23(22)37-2)27-8-7-19(34(26(30)35)18-4-5-20(28)21(29)14-18)15-24(27)33(12-9-27)16-25-31-10-11-32-25/h3-6,10-11,13-14,19,24H,7-9,12,15-16H2,1-2H3,(H2,30,35)(H,31,32)/t19-,24+,27+/m1/s1. The smallest absolute Gasteiger partial charge is 0.319 e. The highest BCUT2D eigenvalue weighted by Gasteiger charge is 2.53. The Labute approximate surface area is 214 Å². The van der Waals surface area contributed by atoms with Gasteiger partial charge in [-0.3, -0.25) is 9.80 Å².